The van der Waals surface area contributed by atoms with Crippen molar-refractivity contribution in [2.45, 2.75) is 25.8 Å². The van der Waals surface area contributed by atoms with Gasteiger partial charge in [0.25, 0.3) is 5.91 Å². The van der Waals surface area contributed by atoms with Gasteiger partial charge >= 0.3 is 0 Å². The van der Waals surface area contributed by atoms with Gasteiger partial charge in [0.05, 0.1) is 0 Å². The number of anilines is 1. The van der Waals surface area contributed by atoms with Crippen molar-refractivity contribution in [1.29, 1.82) is 0 Å². The number of hydrogen-bond donors (Lipinski definition) is 1. The van der Waals surface area contributed by atoms with E-state index in [1.165, 1.54) is 30.2 Å². The molecule has 1 aromatic carbocycles. The molecule has 1 amide bonds. The molecule has 1 aliphatic carbocycles. The van der Waals surface area contributed by atoms with E-state index in [1.54, 1.807) is 0 Å². The molecule has 2 aliphatic rings. The summed E-state index contributed by atoms with van der Waals surface area (Å²) in [5.41, 5.74) is 3.15. The Morgan fingerprint density at radius 1 is 1.19 bits per heavy atom. The van der Waals surface area contributed by atoms with E-state index in [-0.39, 0.29) is 5.91 Å². The SMILES string of the molecule is O=C(Nc1ccc(CN2CCSCC2)cc1)C1=CCCC1. The smallest absolute Gasteiger partial charge is 0.251 e. The quantitative estimate of drug-likeness (QED) is 0.926. The minimum absolute atomic E-state index is 0.0632. The number of thioether (sulfide) groups is 1. The molecule has 0 saturated carbocycles. The molecule has 0 radical (unpaired) electrons. The highest BCUT2D eigenvalue weighted by Crippen LogP contribution is 2.20. The van der Waals surface area contributed by atoms with Crippen LogP contribution in [0.15, 0.2) is 35.9 Å². The van der Waals surface area contributed by atoms with Crippen LogP contribution in [0.5, 0.6) is 0 Å². The number of carbonyl (C=O) groups is 1. The average molecular weight is 302 g/mol. The van der Waals surface area contributed by atoms with Gasteiger partial charge in [-0.1, -0.05) is 18.2 Å². The fourth-order valence-corrected chi connectivity index (χ4v) is 3.78. The van der Waals surface area contributed by atoms with Crippen LogP contribution in [0.4, 0.5) is 5.69 Å². The molecule has 21 heavy (non-hydrogen) atoms. The van der Waals surface area contributed by atoms with Crippen LogP contribution in [0.3, 0.4) is 0 Å². The molecule has 0 spiro atoms. The fraction of sp³-hybridized carbons (Fsp3) is 0.471. The van der Waals surface area contributed by atoms with E-state index in [0.717, 1.165) is 37.1 Å². The summed E-state index contributed by atoms with van der Waals surface area (Å²) in [6.45, 7) is 3.37. The topological polar surface area (TPSA) is 32.3 Å². The summed E-state index contributed by atoms with van der Waals surface area (Å²) in [7, 11) is 0. The zero-order valence-electron chi connectivity index (χ0n) is 12.3. The van der Waals surface area contributed by atoms with Gasteiger partial charge in [-0.3, -0.25) is 9.69 Å². The van der Waals surface area contributed by atoms with Gasteiger partial charge in [-0.25, -0.2) is 0 Å². The fourth-order valence-electron chi connectivity index (χ4n) is 2.80. The van der Waals surface area contributed by atoms with Gasteiger partial charge in [0.2, 0.25) is 0 Å². The molecule has 1 aliphatic heterocycles. The maximum atomic E-state index is 12.0. The van der Waals surface area contributed by atoms with Gasteiger partial charge in [-0.15, -0.1) is 0 Å². The van der Waals surface area contributed by atoms with Crippen LogP contribution in [0.25, 0.3) is 0 Å². The van der Waals surface area contributed by atoms with E-state index in [2.05, 4.69) is 28.4 Å². The second kappa shape index (κ2) is 7.14. The number of allylic oxidation sites excluding steroid dienone is 1. The van der Waals surface area contributed by atoms with Crippen LogP contribution < -0.4 is 5.32 Å². The highest BCUT2D eigenvalue weighted by atomic mass is 32.2. The first kappa shape index (κ1) is 14.7. The van der Waals surface area contributed by atoms with Crippen LogP contribution in [0.2, 0.25) is 0 Å². The normalized spacial score (nSPS) is 19.3. The number of hydrogen-bond acceptors (Lipinski definition) is 3. The number of carbonyl (C=O) groups excluding carboxylic acids is 1. The van der Waals surface area contributed by atoms with Gasteiger partial charge in [0, 0.05) is 42.4 Å². The van der Waals surface area contributed by atoms with Crippen molar-refractivity contribution in [2.75, 3.05) is 29.9 Å². The molecule has 1 saturated heterocycles. The molecule has 0 unspecified atom stereocenters. The largest absolute Gasteiger partial charge is 0.322 e. The summed E-state index contributed by atoms with van der Waals surface area (Å²) in [6, 6.07) is 8.28. The Morgan fingerprint density at radius 3 is 2.62 bits per heavy atom. The first-order valence-electron chi connectivity index (χ1n) is 7.71. The van der Waals surface area contributed by atoms with Gasteiger partial charge < -0.3 is 5.32 Å². The number of amides is 1. The Balaban J connectivity index is 1.54. The highest BCUT2D eigenvalue weighted by Gasteiger charge is 2.14. The van der Waals surface area contributed by atoms with E-state index < -0.39 is 0 Å². The van der Waals surface area contributed by atoms with Gasteiger partial charge in [-0.05, 0) is 37.0 Å². The molecule has 0 bridgehead atoms. The van der Waals surface area contributed by atoms with Crippen LogP contribution in [-0.4, -0.2) is 35.4 Å². The summed E-state index contributed by atoms with van der Waals surface area (Å²) in [4.78, 5) is 14.5. The molecule has 112 valence electrons. The minimum Gasteiger partial charge on any atom is -0.322 e. The molecular weight excluding hydrogens is 280 g/mol. The third-order valence-electron chi connectivity index (χ3n) is 4.05. The average Bonchev–Trinajstić information content (AvgIpc) is 3.05. The summed E-state index contributed by atoms with van der Waals surface area (Å²) in [5.74, 6) is 2.54. The van der Waals surface area contributed by atoms with E-state index in [9.17, 15) is 4.79 Å². The van der Waals surface area contributed by atoms with E-state index >= 15 is 0 Å². The Morgan fingerprint density at radius 2 is 1.95 bits per heavy atom. The van der Waals surface area contributed by atoms with Crippen molar-refractivity contribution >= 4 is 23.4 Å². The van der Waals surface area contributed by atoms with Crippen molar-refractivity contribution in [3.8, 4) is 0 Å². The van der Waals surface area contributed by atoms with Crippen molar-refractivity contribution in [2.24, 2.45) is 0 Å². The van der Waals surface area contributed by atoms with E-state index in [4.69, 9.17) is 0 Å². The third kappa shape index (κ3) is 4.11. The molecule has 3 rings (SSSR count). The second-order valence-corrected chi connectivity index (χ2v) is 6.89. The molecule has 1 fully saturated rings. The van der Waals surface area contributed by atoms with E-state index in [1.807, 2.05) is 23.9 Å². The van der Waals surface area contributed by atoms with Crippen LogP contribution in [0, 0.1) is 0 Å². The third-order valence-corrected chi connectivity index (χ3v) is 5.00. The lowest BCUT2D eigenvalue weighted by atomic mass is 10.1. The predicted octanol–water partition coefficient (Wildman–Crippen LogP) is 3.28. The summed E-state index contributed by atoms with van der Waals surface area (Å²) < 4.78 is 0. The molecule has 0 aromatic heterocycles. The molecule has 0 atom stereocenters. The van der Waals surface area contributed by atoms with Crippen molar-refractivity contribution in [1.82, 2.24) is 4.90 Å². The van der Waals surface area contributed by atoms with Gasteiger partial charge in [-0.2, -0.15) is 11.8 Å². The maximum absolute atomic E-state index is 12.0. The number of benzene rings is 1. The van der Waals surface area contributed by atoms with Crippen LogP contribution in [-0.2, 0) is 11.3 Å². The summed E-state index contributed by atoms with van der Waals surface area (Å²) in [6.07, 6.45) is 5.11. The van der Waals surface area contributed by atoms with Crippen molar-refractivity contribution in [3.63, 3.8) is 0 Å². The maximum Gasteiger partial charge on any atom is 0.251 e. The Labute approximate surface area is 130 Å². The predicted molar refractivity (Wildman–Crippen MR) is 89.6 cm³/mol. The molecule has 1 aromatic rings. The zero-order chi connectivity index (χ0) is 14.5. The Kier molecular flexibility index (Phi) is 4.99. The van der Waals surface area contributed by atoms with Crippen molar-refractivity contribution < 1.29 is 4.79 Å². The second-order valence-electron chi connectivity index (χ2n) is 5.66. The lowest BCUT2D eigenvalue weighted by molar-refractivity contribution is -0.112. The van der Waals surface area contributed by atoms with Crippen LogP contribution in [0.1, 0.15) is 24.8 Å². The summed E-state index contributed by atoms with van der Waals surface area (Å²) >= 11 is 2.04. The highest BCUT2D eigenvalue weighted by molar-refractivity contribution is 7.99. The van der Waals surface area contributed by atoms with Crippen molar-refractivity contribution in [3.05, 3.63) is 41.5 Å². The minimum atomic E-state index is 0.0632. The number of nitrogens with zero attached hydrogens (tertiary/aromatic N) is 1. The van der Waals surface area contributed by atoms with Gasteiger partial charge in [0.15, 0.2) is 0 Å². The lowest BCUT2D eigenvalue weighted by Crippen LogP contribution is -2.31. The Hall–Kier alpha value is -1.26. The molecular formula is C17H22N2OS. The number of nitrogens with one attached hydrogen (secondary N) is 1. The standard InChI is InChI=1S/C17H22N2OS/c20-17(15-3-1-2-4-15)18-16-7-5-14(6-8-16)13-19-9-11-21-12-10-19/h3,5-8H,1-2,4,9-13H2,(H,18,20). The number of rotatable bonds is 4. The first-order valence-corrected chi connectivity index (χ1v) is 8.86. The monoisotopic (exact) mass is 302 g/mol. The molecule has 3 nitrogen and oxygen atoms in total. The first-order chi connectivity index (χ1) is 10.3. The Bertz CT molecular complexity index is 518. The van der Waals surface area contributed by atoms with Gasteiger partial charge in [0.1, 0.15) is 0 Å². The lowest BCUT2D eigenvalue weighted by Gasteiger charge is -2.26. The molecule has 1 heterocycles. The van der Waals surface area contributed by atoms with E-state index in [0.29, 0.717) is 0 Å². The summed E-state index contributed by atoms with van der Waals surface area (Å²) in [5, 5.41) is 2.99. The zero-order valence-corrected chi connectivity index (χ0v) is 13.1. The van der Waals surface area contributed by atoms with Crippen LogP contribution >= 0.6 is 11.8 Å². The molecule has 1 N–H and O–H groups in total. The molecule has 4 heteroatoms.